The Balaban J connectivity index is 2.39. The molecule has 0 saturated carbocycles. The standard InChI is InChI=1S/C28H40Si2/c1-22(2)30(23(3)4,24(5)6)20-13-12-15-26-18-17-25-14-10-11-16-27(25)28(26)19-21-29(7,8)9/h10-11,14,16-18,22-24H,12,15H2,1-9H3. The van der Waals surface area contributed by atoms with Crippen LogP contribution in [-0.2, 0) is 6.42 Å². The molecule has 0 aliphatic heterocycles. The molecule has 0 radical (unpaired) electrons. The lowest BCUT2D eigenvalue weighted by Gasteiger charge is -2.38. The molecule has 2 aromatic carbocycles. The third kappa shape index (κ3) is 5.69. The SMILES string of the molecule is CC(C)[Si](C#CCCc1ccc2ccccc2c1C#C[Si](C)(C)C)(C(C)C)C(C)C. The van der Waals surface area contributed by atoms with Gasteiger partial charge in [-0.15, -0.1) is 17.0 Å². The Morgan fingerprint density at radius 2 is 1.37 bits per heavy atom. The summed E-state index contributed by atoms with van der Waals surface area (Å²) in [5.74, 6) is 7.22. The van der Waals surface area contributed by atoms with Gasteiger partial charge in [0, 0.05) is 12.0 Å². The van der Waals surface area contributed by atoms with E-state index in [0.717, 1.165) is 12.8 Å². The minimum atomic E-state index is -1.65. The maximum atomic E-state index is 3.87. The monoisotopic (exact) mass is 432 g/mol. The first-order valence-corrected chi connectivity index (χ1v) is 17.3. The van der Waals surface area contributed by atoms with Gasteiger partial charge in [-0.2, -0.15) is 0 Å². The molecule has 0 saturated heterocycles. The summed E-state index contributed by atoms with van der Waals surface area (Å²) in [6.45, 7) is 21.2. The highest BCUT2D eigenvalue weighted by atomic mass is 28.3. The molecule has 160 valence electrons. The van der Waals surface area contributed by atoms with E-state index in [9.17, 15) is 0 Å². The molecule has 0 bridgehead atoms. The van der Waals surface area contributed by atoms with Crippen molar-refractivity contribution in [3.63, 3.8) is 0 Å². The Hall–Kier alpha value is -1.75. The van der Waals surface area contributed by atoms with Gasteiger partial charge in [0.2, 0.25) is 0 Å². The van der Waals surface area contributed by atoms with Crippen LogP contribution in [0.5, 0.6) is 0 Å². The minimum Gasteiger partial charge on any atom is -0.130 e. The van der Waals surface area contributed by atoms with Crippen molar-refractivity contribution in [3.05, 3.63) is 47.5 Å². The predicted molar refractivity (Wildman–Crippen MR) is 141 cm³/mol. The molecule has 0 aliphatic rings. The molecule has 0 heterocycles. The van der Waals surface area contributed by atoms with Gasteiger partial charge < -0.3 is 0 Å². The Bertz CT molecular complexity index is 961. The first-order chi connectivity index (χ1) is 14.0. The third-order valence-electron chi connectivity index (χ3n) is 6.27. The number of hydrogen-bond acceptors (Lipinski definition) is 0. The lowest BCUT2D eigenvalue weighted by atomic mass is 9.97. The number of aryl methyl sites for hydroxylation is 1. The Morgan fingerprint density at radius 3 is 1.93 bits per heavy atom. The zero-order valence-corrected chi connectivity index (χ0v) is 22.6. The molecule has 0 nitrogen and oxygen atoms in total. The van der Waals surface area contributed by atoms with Crippen molar-refractivity contribution in [2.24, 2.45) is 0 Å². The number of hydrogen-bond donors (Lipinski definition) is 0. The van der Waals surface area contributed by atoms with Gasteiger partial charge in [0.05, 0.1) is 0 Å². The summed E-state index contributed by atoms with van der Waals surface area (Å²) in [7, 11) is -3.08. The molecule has 30 heavy (non-hydrogen) atoms. The summed E-state index contributed by atoms with van der Waals surface area (Å²) in [6, 6.07) is 13.2. The fourth-order valence-corrected chi connectivity index (χ4v) is 10.6. The second kappa shape index (κ2) is 10.0. The molecule has 0 aromatic heterocycles. The van der Waals surface area contributed by atoms with Crippen molar-refractivity contribution in [1.82, 2.24) is 0 Å². The van der Waals surface area contributed by atoms with Crippen molar-refractivity contribution >= 4 is 26.9 Å². The zero-order valence-electron chi connectivity index (χ0n) is 20.6. The summed E-state index contributed by atoms with van der Waals surface area (Å²) in [4.78, 5) is 0. The van der Waals surface area contributed by atoms with E-state index in [-0.39, 0.29) is 0 Å². The van der Waals surface area contributed by atoms with E-state index >= 15 is 0 Å². The molecule has 0 aliphatic carbocycles. The second-order valence-corrected chi connectivity index (χ2v) is 20.8. The van der Waals surface area contributed by atoms with Gasteiger partial charge in [0.25, 0.3) is 0 Å². The summed E-state index contributed by atoms with van der Waals surface area (Å²) in [6.07, 6.45) is 1.90. The van der Waals surface area contributed by atoms with Crippen molar-refractivity contribution in [3.8, 4) is 22.9 Å². The molecule has 2 rings (SSSR count). The van der Waals surface area contributed by atoms with E-state index in [4.69, 9.17) is 0 Å². The van der Waals surface area contributed by atoms with Gasteiger partial charge in [-0.3, -0.25) is 0 Å². The minimum absolute atomic E-state index is 0.684. The van der Waals surface area contributed by atoms with E-state index in [1.807, 2.05) is 0 Å². The Kier molecular flexibility index (Phi) is 8.21. The van der Waals surface area contributed by atoms with E-state index in [2.05, 4.69) is 121 Å². The molecule has 0 atom stereocenters. The van der Waals surface area contributed by atoms with E-state index in [1.165, 1.54) is 21.9 Å². The molecule has 2 heteroatoms. The van der Waals surface area contributed by atoms with Crippen LogP contribution < -0.4 is 0 Å². The van der Waals surface area contributed by atoms with Crippen LogP contribution in [0.15, 0.2) is 36.4 Å². The maximum absolute atomic E-state index is 3.87. The average molecular weight is 433 g/mol. The van der Waals surface area contributed by atoms with Crippen molar-refractivity contribution in [1.29, 1.82) is 0 Å². The highest BCUT2D eigenvalue weighted by Gasteiger charge is 2.41. The first-order valence-electron chi connectivity index (χ1n) is 11.5. The topological polar surface area (TPSA) is 0 Å². The molecule has 2 aromatic rings. The fourth-order valence-electron chi connectivity index (χ4n) is 4.77. The van der Waals surface area contributed by atoms with Gasteiger partial charge in [0.1, 0.15) is 16.1 Å². The molecule has 0 N–H and O–H groups in total. The Morgan fingerprint density at radius 1 is 0.767 bits per heavy atom. The van der Waals surface area contributed by atoms with Crippen LogP contribution in [0, 0.1) is 22.9 Å². The van der Waals surface area contributed by atoms with Crippen LogP contribution in [-0.4, -0.2) is 16.1 Å². The zero-order chi connectivity index (χ0) is 22.5. The fraction of sp³-hybridized carbons (Fsp3) is 0.500. The molecular formula is C28H40Si2. The van der Waals surface area contributed by atoms with E-state index in [1.54, 1.807) is 0 Å². The van der Waals surface area contributed by atoms with Crippen molar-refractivity contribution in [2.45, 2.75) is 90.6 Å². The van der Waals surface area contributed by atoms with Crippen LogP contribution in [0.25, 0.3) is 10.8 Å². The first kappa shape index (κ1) is 24.5. The Labute approximate surface area is 187 Å². The molecule has 0 fully saturated rings. The lowest BCUT2D eigenvalue weighted by molar-refractivity contribution is 0.838. The summed E-state index contributed by atoms with van der Waals surface area (Å²) in [5, 5.41) is 2.56. The molecule has 0 unspecified atom stereocenters. The van der Waals surface area contributed by atoms with Crippen LogP contribution in [0.1, 0.15) is 59.1 Å². The van der Waals surface area contributed by atoms with Gasteiger partial charge in [-0.05, 0) is 39.4 Å². The largest absolute Gasteiger partial charge is 0.145 e. The van der Waals surface area contributed by atoms with E-state index in [0.29, 0.717) is 16.6 Å². The maximum Gasteiger partial charge on any atom is 0.145 e. The molecule has 0 amide bonds. The normalized spacial score (nSPS) is 12.1. The lowest BCUT2D eigenvalue weighted by Crippen LogP contribution is -2.43. The predicted octanol–water partition coefficient (Wildman–Crippen LogP) is 8.22. The third-order valence-corrected chi connectivity index (χ3v) is 13.5. The summed E-state index contributed by atoms with van der Waals surface area (Å²) >= 11 is 0. The number of fused-ring (bicyclic) bond motifs is 1. The second-order valence-electron chi connectivity index (χ2n) is 10.5. The van der Waals surface area contributed by atoms with E-state index < -0.39 is 16.1 Å². The quantitative estimate of drug-likeness (QED) is 0.330. The number of rotatable bonds is 5. The van der Waals surface area contributed by atoms with Gasteiger partial charge in [0.15, 0.2) is 0 Å². The smallest absolute Gasteiger partial charge is 0.130 e. The van der Waals surface area contributed by atoms with Crippen molar-refractivity contribution in [2.75, 3.05) is 0 Å². The molecular weight excluding hydrogens is 392 g/mol. The van der Waals surface area contributed by atoms with Crippen LogP contribution >= 0.6 is 0 Å². The highest BCUT2D eigenvalue weighted by Crippen LogP contribution is 2.40. The average Bonchev–Trinajstić information content (AvgIpc) is 2.65. The van der Waals surface area contributed by atoms with Gasteiger partial charge in [-0.25, -0.2) is 0 Å². The van der Waals surface area contributed by atoms with Crippen molar-refractivity contribution < 1.29 is 0 Å². The summed E-state index contributed by atoms with van der Waals surface area (Å²) in [5.41, 5.74) is 12.1. The molecule has 0 spiro atoms. The van der Waals surface area contributed by atoms with Gasteiger partial charge >= 0.3 is 0 Å². The van der Waals surface area contributed by atoms with Gasteiger partial charge in [-0.1, -0.05) is 104 Å². The van der Waals surface area contributed by atoms with Crippen LogP contribution in [0.2, 0.25) is 36.3 Å². The number of benzene rings is 2. The van der Waals surface area contributed by atoms with Crippen LogP contribution in [0.3, 0.4) is 0 Å². The summed E-state index contributed by atoms with van der Waals surface area (Å²) < 4.78 is 0. The van der Waals surface area contributed by atoms with Crippen LogP contribution in [0.4, 0.5) is 0 Å². The highest BCUT2D eigenvalue weighted by molar-refractivity contribution is 6.90.